The van der Waals surface area contributed by atoms with Crippen LogP contribution >= 0.6 is 0 Å². The van der Waals surface area contributed by atoms with Crippen molar-refractivity contribution in [3.63, 3.8) is 0 Å². The Balaban J connectivity index is 1.58. The van der Waals surface area contributed by atoms with Crippen molar-refractivity contribution in [2.75, 3.05) is 5.32 Å². The third kappa shape index (κ3) is 4.86. The fourth-order valence-corrected chi connectivity index (χ4v) is 5.13. The molecular weight excluding hydrogens is 428 g/mol. The van der Waals surface area contributed by atoms with Crippen LogP contribution in [0, 0.1) is 11.8 Å². The minimum atomic E-state index is -4.23. The monoisotopic (exact) mass is 460 g/mol. The summed E-state index contributed by atoms with van der Waals surface area (Å²) in [5.41, 5.74) is 1.86. The van der Waals surface area contributed by atoms with E-state index in [9.17, 15) is 18.3 Å². The van der Waals surface area contributed by atoms with Crippen molar-refractivity contribution in [1.29, 1.82) is 0 Å². The number of para-hydroxylation sites is 1. The maximum Gasteiger partial charge on any atom is 0.333 e. The molecule has 0 aliphatic heterocycles. The van der Waals surface area contributed by atoms with Gasteiger partial charge in [-0.3, -0.25) is 0 Å². The van der Waals surface area contributed by atoms with Crippen LogP contribution in [0.15, 0.2) is 40.0 Å². The molecule has 2 amide bonds. The number of nitrogens with one attached hydrogen (secondary N) is 2. The smallest absolute Gasteiger partial charge is 0.333 e. The summed E-state index contributed by atoms with van der Waals surface area (Å²) in [7, 11) is -4.23. The molecule has 0 spiro atoms. The molecule has 8 heteroatoms. The highest BCUT2D eigenvalue weighted by Crippen LogP contribution is 2.49. The van der Waals surface area contributed by atoms with E-state index in [1.807, 2.05) is 18.2 Å². The first-order chi connectivity index (χ1) is 15.0. The van der Waals surface area contributed by atoms with Gasteiger partial charge in [0.05, 0.1) is 11.9 Å². The third-order valence-electron chi connectivity index (χ3n) is 6.78. The third-order valence-corrected chi connectivity index (χ3v) is 7.98. The molecule has 0 saturated heterocycles. The lowest BCUT2D eigenvalue weighted by Crippen LogP contribution is -2.35. The molecule has 3 N–H and O–H groups in total. The summed E-state index contributed by atoms with van der Waals surface area (Å²) in [4.78, 5) is 12.8. The Hall–Kier alpha value is -2.32. The highest BCUT2D eigenvalue weighted by molar-refractivity contribution is 7.89. The van der Waals surface area contributed by atoms with Gasteiger partial charge in [-0.2, -0.15) is 8.42 Å². The van der Waals surface area contributed by atoms with E-state index in [2.05, 4.69) is 23.9 Å². The minimum absolute atomic E-state index is 0.285. The first-order valence-electron chi connectivity index (χ1n) is 11.3. The maximum absolute atomic E-state index is 12.8. The number of carbonyl (C=O) groups excluding carboxylic acids is 1. The van der Waals surface area contributed by atoms with Crippen LogP contribution in [0.1, 0.15) is 81.9 Å². The van der Waals surface area contributed by atoms with Crippen molar-refractivity contribution in [3.05, 3.63) is 47.2 Å². The van der Waals surface area contributed by atoms with Crippen LogP contribution in [-0.4, -0.2) is 19.6 Å². The number of urea groups is 1. The largest absolute Gasteiger partial charge is 0.451 e. The van der Waals surface area contributed by atoms with Gasteiger partial charge in [0.1, 0.15) is 0 Å². The summed E-state index contributed by atoms with van der Waals surface area (Å²) in [6.45, 7) is 7.38. The molecule has 2 aromatic rings. The number of carbonyl (C=O) groups is 1. The maximum atomic E-state index is 12.8. The molecular formula is C24H32N2O5S. The van der Waals surface area contributed by atoms with Gasteiger partial charge >= 0.3 is 6.03 Å². The van der Waals surface area contributed by atoms with Crippen molar-refractivity contribution in [3.8, 4) is 0 Å². The zero-order chi connectivity index (χ0) is 23.3. The van der Waals surface area contributed by atoms with Crippen molar-refractivity contribution in [2.45, 2.75) is 75.9 Å². The van der Waals surface area contributed by atoms with Crippen LogP contribution in [-0.2, 0) is 15.6 Å². The van der Waals surface area contributed by atoms with Crippen LogP contribution in [0.3, 0.4) is 0 Å². The van der Waals surface area contributed by atoms with E-state index >= 15 is 0 Å². The summed E-state index contributed by atoms with van der Waals surface area (Å²) in [5, 5.41) is 12.5. The van der Waals surface area contributed by atoms with E-state index in [-0.39, 0.29) is 11.8 Å². The second-order valence-corrected chi connectivity index (χ2v) is 11.5. The number of sulfonamides is 1. The zero-order valence-corrected chi connectivity index (χ0v) is 19.8. The van der Waals surface area contributed by atoms with Crippen LogP contribution in [0.4, 0.5) is 10.5 Å². The lowest BCUT2D eigenvalue weighted by Gasteiger charge is -2.23. The quantitative estimate of drug-likeness (QED) is 0.511. The van der Waals surface area contributed by atoms with Crippen LogP contribution in [0.5, 0.6) is 0 Å². The van der Waals surface area contributed by atoms with Gasteiger partial charge in [-0.15, -0.1) is 0 Å². The fourth-order valence-electron chi connectivity index (χ4n) is 4.28. The Morgan fingerprint density at radius 1 is 1.09 bits per heavy atom. The number of anilines is 1. The van der Waals surface area contributed by atoms with Gasteiger partial charge in [0.25, 0.3) is 10.0 Å². The molecule has 0 bridgehead atoms. The Kier molecular flexibility index (Phi) is 5.88. The molecule has 0 radical (unpaired) electrons. The molecule has 2 aliphatic carbocycles. The molecule has 0 unspecified atom stereocenters. The number of hydrogen-bond donors (Lipinski definition) is 3. The lowest BCUT2D eigenvalue weighted by molar-refractivity contribution is 0.0779. The lowest BCUT2D eigenvalue weighted by atomic mass is 9.87. The highest BCUT2D eigenvalue weighted by Gasteiger charge is 2.35. The highest BCUT2D eigenvalue weighted by atomic mass is 32.2. The van der Waals surface area contributed by atoms with Crippen LogP contribution < -0.4 is 10.0 Å². The first kappa shape index (κ1) is 22.9. The minimum Gasteiger partial charge on any atom is -0.451 e. The van der Waals surface area contributed by atoms with Crippen molar-refractivity contribution >= 4 is 21.7 Å². The number of amides is 2. The summed E-state index contributed by atoms with van der Waals surface area (Å²) >= 11 is 0. The van der Waals surface area contributed by atoms with E-state index in [1.165, 1.54) is 51.9 Å². The van der Waals surface area contributed by atoms with E-state index in [0.717, 1.165) is 16.8 Å². The molecule has 2 aliphatic rings. The Labute approximate surface area is 189 Å². The van der Waals surface area contributed by atoms with E-state index in [4.69, 9.17) is 4.42 Å². The predicted molar refractivity (Wildman–Crippen MR) is 122 cm³/mol. The Morgan fingerprint density at radius 3 is 2.06 bits per heavy atom. The normalized spacial score (nSPS) is 18.8. The van der Waals surface area contributed by atoms with Gasteiger partial charge in [-0.25, -0.2) is 9.52 Å². The standard InChI is InChI=1S/C24H32N2O5S/c1-14(16-8-9-16)19-6-5-7-20(15(2)17-10-11-17)22(19)25-23(27)26-32(29,30)21-12-18(13-31-21)24(3,4)28/h5-7,12-17,28H,8-11H2,1-4H3,(H2,25,26,27)/t14-,15-/m0/s1. The molecule has 1 aromatic carbocycles. The summed E-state index contributed by atoms with van der Waals surface area (Å²) in [6, 6.07) is 6.48. The van der Waals surface area contributed by atoms with E-state index in [1.54, 1.807) is 0 Å². The second-order valence-electron chi connectivity index (χ2n) is 9.84. The van der Waals surface area contributed by atoms with Gasteiger partial charge in [0, 0.05) is 17.3 Å². The van der Waals surface area contributed by atoms with Crippen molar-refractivity contribution < 1.29 is 22.7 Å². The van der Waals surface area contributed by atoms with Gasteiger partial charge in [-0.1, -0.05) is 32.0 Å². The number of furan rings is 1. The van der Waals surface area contributed by atoms with Gasteiger partial charge in [0.2, 0.25) is 5.09 Å². The molecule has 4 rings (SSSR count). The molecule has 2 atom stereocenters. The molecule has 7 nitrogen and oxygen atoms in total. The topological polar surface area (TPSA) is 109 Å². The van der Waals surface area contributed by atoms with Gasteiger partial charge < -0.3 is 14.8 Å². The van der Waals surface area contributed by atoms with Crippen LogP contribution in [0.25, 0.3) is 0 Å². The second kappa shape index (κ2) is 8.23. The van der Waals surface area contributed by atoms with Gasteiger partial charge in [-0.05, 0) is 74.3 Å². The zero-order valence-electron chi connectivity index (χ0n) is 19.0. The molecule has 2 saturated carbocycles. The number of aliphatic hydroxyl groups is 1. The average Bonchev–Trinajstić information content (AvgIpc) is 3.63. The van der Waals surface area contributed by atoms with E-state index in [0.29, 0.717) is 17.4 Å². The fraction of sp³-hybridized carbons (Fsp3) is 0.542. The summed E-state index contributed by atoms with van der Waals surface area (Å²) in [6.07, 6.45) is 5.86. The number of benzene rings is 1. The Morgan fingerprint density at radius 2 is 1.62 bits per heavy atom. The molecule has 1 aromatic heterocycles. The predicted octanol–water partition coefficient (Wildman–Crippen LogP) is 5.04. The van der Waals surface area contributed by atoms with Crippen LogP contribution in [0.2, 0.25) is 0 Å². The number of hydrogen-bond acceptors (Lipinski definition) is 5. The average molecular weight is 461 g/mol. The van der Waals surface area contributed by atoms with Crippen molar-refractivity contribution in [2.24, 2.45) is 11.8 Å². The van der Waals surface area contributed by atoms with Gasteiger partial charge in [0.15, 0.2) is 0 Å². The Bertz CT molecular complexity index is 1070. The SMILES string of the molecule is C[C@H](c1cccc([C@@H](C)C2CC2)c1NC(=O)NS(=O)(=O)c1cc(C(C)(C)O)co1)C1CC1. The molecule has 2 fully saturated rings. The van der Waals surface area contributed by atoms with Crippen molar-refractivity contribution in [1.82, 2.24) is 4.72 Å². The first-order valence-corrected chi connectivity index (χ1v) is 12.7. The van der Waals surface area contributed by atoms with E-state index < -0.39 is 26.7 Å². The molecule has 1 heterocycles. The number of rotatable bonds is 8. The molecule has 174 valence electrons. The summed E-state index contributed by atoms with van der Waals surface area (Å²) in [5.74, 6) is 1.76. The summed E-state index contributed by atoms with van der Waals surface area (Å²) < 4.78 is 32.6. The molecule has 32 heavy (non-hydrogen) atoms.